The molecule has 102 valence electrons. The summed E-state index contributed by atoms with van der Waals surface area (Å²) in [4.78, 5) is 22.6. The number of aliphatic carboxylic acids is 2. The van der Waals surface area contributed by atoms with Gasteiger partial charge < -0.3 is 10.2 Å². The van der Waals surface area contributed by atoms with E-state index in [9.17, 15) is 19.8 Å². The van der Waals surface area contributed by atoms with Crippen molar-refractivity contribution in [1.82, 2.24) is 0 Å². The van der Waals surface area contributed by atoms with E-state index < -0.39 is 29.2 Å². The summed E-state index contributed by atoms with van der Waals surface area (Å²) in [5.41, 5.74) is 0.364. The molecule has 3 atom stereocenters. The largest absolute Gasteiger partial charge is 0.481 e. The second-order valence-electron chi connectivity index (χ2n) is 5.40. The first-order chi connectivity index (χ1) is 8.91. The van der Waals surface area contributed by atoms with Gasteiger partial charge >= 0.3 is 11.9 Å². The number of hydrogen-bond donors (Lipinski definition) is 2. The molecular weight excluding hydrogens is 244 g/mol. The molecule has 4 nitrogen and oxygen atoms in total. The molecule has 1 aliphatic rings. The maximum Gasteiger partial charge on any atom is 0.306 e. The minimum absolute atomic E-state index is 0.0194. The SMILES string of the molecule is CC(C(=O)O)C1(C(C)C(=O)O)CC1c1ccccc1. The summed E-state index contributed by atoms with van der Waals surface area (Å²) in [7, 11) is 0. The molecule has 1 fully saturated rings. The first-order valence-corrected chi connectivity index (χ1v) is 6.41. The van der Waals surface area contributed by atoms with Crippen molar-refractivity contribution in [2.45, 2.75) is 26.2 Å². The van der Waals surface area contributed by atoms with Gasteiger partial charge in [-0.2, -0.15) is 0 Å². The topological polar surface area (TPSA) is 74.6 Å². The molecule has 0 spiro atoms. The van der Waals surface area contributed by atoms with Crippen LogP contribution in [0, 0.1) is 17.3 Å². The standard InChI is InChI=1S/C15H18O4/c1-9(13(16)17)15(10(2)14(18)19)8-12(15)11-6-4-3-5-7-11/h3-7,9-10,12H,8H2,1-2H3,(H,16,17)(H,18,19). The van der Waals surface area contributed by atoms with Crippen LogP contribution >= 0.6 is 0 Å². The molecule has 0 heterocycles. The molecule has 2 N–H and O–H groups in total. The van der Waals surface area contributed by atoms with Crippen LogP contribution in [0.1, 0.15) is 31.7 Å². The summed E-state index contributed by atoms with van der Waals surface area (Å²) in [6, 6.07) is 9.57. The van der Waals surface area contributed by atoms with E-state index in [0.29, 0.717) is 6.42 Å². The number of hydrogen-bond acceptors (Lipinski definition) is 2. The van der Waals surface area contributed by atoms with Crippen molar-refractivity contribution in [1.29, 1.82) is 0 Å². The second-order valence-corrected chi connectivity index (χ2v) is 5.40. The van der Waals surface area contributed by atoms with Gasteiger partial charge in [0.05, 0.1) is 11.8 Å². The van der Waals surface area contributed by atoms with Gasteiger partial charge in [-0.3, -0.25) is 9.59 Å². The van der Waals surface area contributed by atoms with Crippen molar-refractivity contribution in [3.63, 3.8) is 0 Å². The Hall–Kier alpha value is -1.84. The highest BCUT2D eigenvalue weighted by Crippen LogP contribution is 2.67. The average Bonchev–Trinajstić information content (AvgIpc) is 3.14. The summed E-state index contributed by atoms with van der Waals surface area (Å²) < 4.78 is 0. The number of carboxylic acids is 2. The zero-order valence-corrected chi connectivity index (χ0v) is 11.0. The zero-order chi connectivity index (χ0) is 14.2. The van der Waals surface area contributed by atoms with Crippen molar-refractivity contribution in [3.05, 3.63) is 35.9 Å². The quantitative estimate of drug-likeness (QED) is 0.855. The molecule has 1 aromatic carbocycles. The first kappa shape index (κ1) is 13.6. The molecule has 0 aliphatic heterocycles. The molecule has 0 saturated heterocycles. The third-order valence-electron chi connectivity index (χ3n) is 4.60. The van der Waals surface area contributed by atoms with Gasteiger partial charge in [0.25, 0.3) is 0 Å². The molecule has 1 aromatic rings. The Kier molecular flexibility index (Phi) is 3.35. The van der Waals surface area contributed by atoms with E-state index in [1.54, 1.807) is 13.8 Å². The summed E-state index contributed by atoms with van der Waals surface area (Å²) in [5.74, 6) is -3.16. The molecule has 1 saturated carbocycles. The van der Waals surface area contributed by atoms with Crippen molar-refractivity contribution in [3.8, 4) is 0 Å². The summed E-state index contributed by atoms with van der Waals surface area (Å²) in [5, 5.41) is 18.5. The Morgan fingerprint density at radius 2 is 1.58 bits per heavy atom. The predicted molar refractivity (Wildman–Crippen MR) is 69.8 cm³/mol. The number of rotatable bonds is 5. The van der Waals surface area contributed by atoms with Crippen molar-refractivity contribution >= 4 is 11.9 Å². The lowest BCUT2D eigenvalue weighted by atomic mass is 9.76. The van der Waals surface area contributed by atoms with E-state index in [2.05, 4.69) is 0 Å². The minimum Gasteiger partial charge on any atom is -0.481 e. The van der Waals surface area contributed by atoms with Gasteiger partial charge in [0.2, 0.25) is 0 Å². The molecule has 0 bridgehead atoms. The van der Waals surface area contributed by atoms with Crippen LogP contribution in [-0.4, -0.2) is 22.2 Å². The molecule has 1 aliphatic carbocycles. The van der Waals surface area contributed by atoms with Crippen LogP contribution in [0.15, 0.2) is 30.3 Å². The predicted octanol–water partition coefficient (Wildman–Crippen LogP) is 2.60. The maximum atomic E-state index is 11.3. The third kappa shape index (κ3) is 2.11. The summed E-state index contributed by atoms with van der Waals surface area (Å²) in [6.07, 6.45) is 0.623. The van der Waals surface area contributed by atoms with Crippen molar-refractivity contribution in [2.75, 3.05) is 0 Å². The van der Waals surface area contributed by atoms with Crippen LogP contribution in [0.2, 0.25) is 0 Å². The smallest absolute Gasteiger partial charge is 0.306 e. The van der Waals surface area contributed by atoms with Gasteiger partial charge in [-0.25, -0.2) is 0 Å². The average molecular weight is 262 g/mol. The Balaban J connectivity index is 2.35. The lowest BCUT2D eigenvalue weighted by molar-refractivity contribution is -0.149. The van der Waals surface area contributed by atoms with Gasteiger partial charge in [-0.15, -0.1) is 0 Å². The summed E-state index contributed by atoms with van der Waals surface area (Å²) in [6.45, 7) is 3.23. The molecule has 0 radical (unpaired) electrons. The van der Waals surface area contributed by atoms with Crippen LogP contribution in [0.5, 0.6) is 0 Å². The molecule has 0 aromatic heterocycles. The molecule has 2 rings (SSSR count). The molecular formula is C15H18O4. The maximum absolute atomic E-state index is 11.3. The van der Waals surface area contributed by atoms with E-state index in [-0.39, 0.29) is 5.92 Å². The Labute approximate surface area is 112 Å². The third-order valence-corrected chi connectivity index (χ3v) is 4.60. The van der Waals surface area contributed by atoms with E-state index in [1.807, 2.05) is 30.3 Å². The molecule has 3 unspecified atom stereocenters. The lowest BCUT2D eigenvalue weighted by Gasteiger charge is -2.26. The highest BCUT2D eigenvalue weighted by molar-refractivity contribution is 5.77. The van der Waals surface area contributed by atoms with Gasteiger partial charge in [-0.05, 0) is 17.9 Å². The minimum atomic E-state index is -0.925. The number of carbonyl (C=O) groups is 2. The lowest BCUT2D eigenvalue weighted by Crippen LogP contribution is -2.33. The van der Waals surface area contributed by atoms with Crippen molar-refractivity contribution < 1.29 is 19.8 Å². The van der Waals surface area contributed by atoms with E-state index >= 15 is 0 Å². The fourth-order valence-electron chi connectivity index (χ4n) is 3.20. The van der Waals surface area contributed by atoms with Crippen LogP contribution in [0.4, 0.5) is 0 Å². The highest BCUT2D eigenvalue weighted by atomic mass is 16.4. The second kappa shape index (κ2) is 4.68. The molecule has 0 amide bonds. The van der Waals surface area contributed by atoms with Crippen LogP contribution in [-0.2, 0) is 9.59 Å². The Bertz CT molecular complexity index is 474. The van der Waals surface area contributed by atoms with Gasteiger partial charge in [-0.1, -0.05) is 44.2 Å². The summed E-state index contributed by atoms with van der Waals surface area (Å²) >= 11 is 0. The molecule has 19 heavy (non-hydrogen) atoms. The van der Waals surface area contributed by atoms with E-state index in [4.69, 9.17) is 0 Å². The Morgan fingerprint density at radius 1 is 1.11 bits per heavy atom. The van der Waals surface area contributed by atoms with E-state index in [1.165, 1.54) is 0 Å². The molecule has 4 heteroatoms. The highest BCUT2D eigenvalue weighted by Gasteiger charge is 2.64. The normalized spacial score (nSPS) is 28.4. The Morgan fingerprint density at radius 3 is 2.00 bits per heavy atom. The first-order valence-electron chi connectivity index (χ1n) is 6.41. The van der Waals surface area contributed by atoms with Crippen LogP contribution in [0.25, 0.3) is 0 Å². The van der Waals surface area contributed by atoms with Gasteiger partial charge in [0, 0.05) is 5.41 Å². The van der Waals surface area contributed by atoms with Crippen molar-refractivity contribution in [2.24, 2.45) is 17.3 Å². The zero-order valence-electron chi connectivity index (χ0n) is 11.0. The van der Waals surface area contributed by atoms with E-state index in [0.717, 1.165) is 5.56 Å². The van der Waals surface area contributed by atoms with Gasteiger partial charge in [0.15, 0.2) is 0 Å². The van der Waals surface area contributed by atoms with Crippen LogP contribution < -0.4 is 0 Å². The fourth-order valence-corrected chi connectivity index (χ4v) is 3.20. The fraction of sp³-hybridized carbons (Fsp3) is 0.467. The number of benzene rings is 1. The van der Waals surface area contributed by atoms with Crippen LogP contribution in [0.3, 0.4) is 0 Å². The number of carboxylic acid groups (broad SMARTS) is 2. The monoisotopic (exact) mass is 262 g/mol. The van der Waals surface area contributed by atoms with Gasteiger partial charge in [0.1, 0.15) is 0 Å².